The molecule has 3 aromatic rings. The van der Waals surface area contributed by atoms with Gasteiger partial charge >= 0.3 is 0 Å². The number of anilines is 1. The van der Waals surface area contributed by atoms with Crippen molar-refractivity contribution in [2.24, 2.45) is 0 Å². The van der Waals surface area contributed by atoms with Gasteiger partial charge in [0.25, 0.3) is 10.0 Å². The highest BCUT2D eigenvalue weighted by Crippen LogP contribution is 2.34. The SMILES string of the molecule is Cc1ccc(S(=O)(=O)Nc2ccccc2Sc2ccccc2)cc1. The Kier molecular flexibility index (Phi) is 4.92. The third-order valence-electron chi connectivity index (χ3n) is 3.43. The highest BCUT2D eigenvalue weighted by molar-refractivity contribution is 7.99. The zero-order valence-electron chi connectivity index (χ0n) is 13.1. The molecule has 0 aromatic heterocycles. The summed E-state index contributed by atoms with van der Waals surface area (Å²) in [6.07, 6.45) is 0. The van der Waals surface area contributed by atoms with E-state index in [1.54, 1.807) is 30.3 Å². The van der Waals surface area contributed by atoms with E-state index in [0.717, 1.165) is 15.4 Å². The van der Waals surface area contributed by atoms with E-state index < -0.39 is 10.0 Å². The summed E-state index contributed by atoms with van der Waals surface area (Å²) in [5, 5.41) is 0. The molecule has 0 bridgehead atoms. The van der Waals surface area contributed by atoms with Crippen LogP contribution in [0, 0.1) is 6.92 Å². The summed E-state index contributed by atoms with van der Waals surface area (Å²) < 4.78 is 27.9. The maximum atomic E-state index is 12.6. The highest BCUT2D eigenvalue weighted by atomic mass is 32.2. The standard InChI is InChI=1S/C19H17NO2S2/c1-15-11-13-17(14-12-15)24(21,22)20-18-9-5-6-10-19(18)23-16-7-3-2-4-8-16/h2-14,20H,1H3. The van der Waals surface area contributed by atoms with Crippen molar-refractivity contribution >= 4 is 27.5 Å². The van der Waals surface area contributed by atoms with Gasteiger partial charge in [0.2, 0.25) is 0 Å². The summed E-state index contributed by atoms with van der Waals surface area (Å²) in [6, 6.07) is 24.1. The molecule has 3 nitrogen and oxygen atoms in total. The Morgan fingerprint density at radius 1 is 0.792 bits per heavy atom. The molecular weight excluding hydrogens is 338 g/mol. The second-order valence-electron chi connectivity index (χ2n) is 5.33. The van der Waals surface area contributed by atoms with E-state index in [0.29, 0.717) is 5.69 Å². The van der Waals surface area contributed by atoms with Crippen LogP contribution in [-0.4, -0.2) is 8.42 Å². The Hall–Kier alpha value is -2.24. The fraction of sp³-hybridized carbons (Fsp3) is 0.0526. The number of rotatable bonds is 5. The number of nitrogens with one attached hydrogen (secondary N) is 1. The summed E-state index contributed by atoms with van der Waals surface area (Å²) >= 11 is 1.53. The summed E-state index contributed by atoms with van der Waals surface area (Å²) in [4.78, 5) is 2.17. The zero-order valence-corrected chi connectivity index (χ0v) is 14.8. The Bertz CT molecular complexity index is 921. The predicted octanol–water partition coefficient (Wildman–Crippen LogP) is 4.95. The van der Waals surface area contributed by atoms with Gasteiger partial charge in [-0.1, -0.05) is 59.8 Å². The first-order chi connectivity index (χ1) is 11.5. The van der Waals surface area contributed by atoms with Crippen molar-refractivity contribution < 1.29 is 8.42 Å². The number of sulfonamides is 1. The van der Waals surface area contributed by atoms with Crippen molar-refractivity contribution in [1.82, 2.24) is 0 Å². The molecule has 0 aliphatic rings. The van der Waals surface area contributed by atoms with Crippen LogP contribution in [0.4, 0.5) is 5.69 Å². The molecule has 5 heteroatoms. The summed E-state index contributed by atoms with van der Waals surface area (Å²) in [5.41, 5.74) is 1.60. The van der Waals surface area contributed by atoms with Gasteiger partial charge in [-0.25, -0.2) is 8.42 Å². The lowest BCUT2D eigenvalue weighted by Crippen LogP contribution is -2.13. The minimum Gasteiger partial charge on any atom is -0.278 e. The van der Waals surface area contributed by atoms with Crippen LogP contribution in [0.25, 0.3) is 0 Å². The van der Waals surface area contributed by atoms with E-state index in [2.05, 4.69) is 4.72 Å². The van der Waals surface area contributed by atoms with E-state index in [1.165, 1.54) is 11.8 Å². The molecule has 0 atom stereocenters. The lowest BCUT2D eigenvalue weighted by atomic mass is 10.2. The van der Waals surface area contributed by atoms with Crippen molar-refractivity contribution in [3.05, 3.63) is 84.4 Å². The minimum absolute atomic E-state index is 0.257. The Morgan fingerprint density at radius 2 is 1.42 bits per heavy atom. The van der Waals surface area contributed by atoms with Gasteiger partial charge in [-0.2, -0.15) is 0 Å². The number of aryl methyl sites for hydroxylation is 1. The highest BCUT2D eigenvalue weighted by Gasteiger charge is 2.16. The van der Waals surface area contributed by atoms with Crippen LogP contribution >= 0.6 is 11.8 Å². The molecule has 0 unspecified atom stereocenters. The second-order valence-corrected chi connectivity index (χ2v) is 8.13. The summed E-state index contributed by atoms with van der Waals surface area (Å²) in [6.45, 7) is 1.93. The Morgan fingerprint density at radius 3 is 2.12 bits per heavy atom. The molecule has 0 saturated heterocycles. The number of benzene rings is 3. The van der Waals surface area contributed by atoms with E-state index >= 15 is 0 Å². The van der Waals surface area contributed by atoms with Gasteiger partial charge in [0.1, 0.15) is 0 Å². The predicted molar refractivity (Wildman–Crippen MR) is 99.0 cm³/mol. The van der Waals surface area contributed by atoms with Crippen molar-refractivity contribution in [2.75, 3.05) is 4.72 Å². The lowest BCUT2D eigenvalue weighted by Gasteiger charge is -2.12. The van der Waals surface area contributed by atoms with Crippen LogP contribution < -0.4 is 4.72 Å². The molecule has 122 valence electrons. The molecule has 0 saturated carbocycles. The molecule has 3 rings (SSSR count). The van der Waals surface area contributed by atoms with E-state index in [-0.39, 0.29) is 4.90 Å². The molecule has 0 fully saturated rings. The molecule has 0 spiro atoms. The van der Waals surface area contributed by atoms with Crippen LogP contribution in [0.15, 0.2) is 93.5 Å². The second kappa shape index (κ2) is 7.11. The topological polar surface area (TPSA) is 46.2 Å². The summed E-state index contributed by atoms with van der Waals surface area (Å²) in [5.74, 6) is 0. The van der Waals surface area contributed by atoms with Crippen LogP contribution in [0.5, 0.6) is 0 Å². The normalized spacial score (nSPS) is 11.2. The largest absolute Gasteiger partial charge is 0.278 e. The molecule has 0 radical (unpaired) electrons. The molecule has 24 heavy (non-hydrogen) atoms. The monoisotopic (exact) mass is 355 g/mol. The van der Waals surface area contributed by atoms with Crippen LogP contribution in [0.3, 0.4) is 0 Å². The van der Waals surface area contributed by atoms with Gasteiger partial charge in [0, 0.05) is 9.79 Å². The lowest BCUT2D eigenvalue weighted by molar-refractivity contribution is 0.601. The number of hydrogen-bond donors (Lipinski definition) is 1. The summed E-state index contributed by atoms with van der Waals surface area (Å²) in [7, 11) is -3.61. The van der Waals surface area contributed by atoms with E-state index in [1.807, 2.05) is 55.5 Å². The third-order valence-corrected chi connectivity index (χ3v) is 5.90. The molecule has 1 N–H and O–H groups in total. The minimum atomic E-state index is -3.61. The first kappa shape index (κ1) is 16.6. The van der Waals surface area contributed by atoms with Gasteiger partial charge in [-0.15, -0.1) is 0 Å². The fourth-order valence-electron chi connectivity index (χ4n) is 2.18. The Labute approximate surface area is 146 Å². The molecule has 0 aliphatic carbocycles. The molecule has 0 amide bonds. The first-order valence-corrected chi connectivity index (χ1v) is 9.76. The first-order valence-electron chi connectivity index (χ1n) is 7.46. The van der Waals surface area contributed by atoms with Gasteiger partial charge in [-0.3, -0.25) is 4.72 Å². The zero-order chi connectivity index (χ0) is 17.0. The van der Waals surface area contributed by atoms with Crippen molar-refractivity contribution in [3.63, 3.8) is 0 Å². The molecule has 0 aliphatic heterocycles. The van der Waals surface area contributed by atoms with Crippen molar-refractivity contribution in [3.8, 4) is 0 Å². The van der Waals surface area contributed by atoms with Crippen LogP contribution in [-0.2, 0) is 10.0 Å². The van der Waals surface area contributed by atoms with Gasteiger partial charge in [0.15, 0.2) is 0 Å². The quantitative estimate of drug-likeness (QED) is 0.704. The van der Waals surface area contributed by atoms with E-state index in [4.69, 9.17) is 0 Å². The van der Waals surface area contributed by atoms with E-state index in [9.17, 15) is 8.42 Å². The fourth-order valence-corrected chi connectivity index (χ4v) is 4.24. The Balaban J connectivity index is 1.89. The maximum absolute atomic E-state index is 12.6. The van der Waals surface area contributed by atoms with Gasteiger partial charge < -0.3 is 0 Å². The average molecular weight is 355 g/mol. The van der Waals surface area contributed by atoms with Gasteiger partial charge in [0.05, 0.1) is 10.6 Å². The van der Waals surface area contributed by atoms with Gasteiger partial charge in [-0.05, 0) is 43.3 Å². The van der Waals surface area contributed by atoms with Crippen LogP contribution in [0.1, 0.15) is 5.56 Å². The molecule has 3 aromatic carbocycles. The van der Waals surface area contributed by atoms with Crippen LogP contribution in [0.2, 0.25) is 0 Å². The molecule has 0 heterocycles. The third kappa shape index (κ3) is 3.99. The molecular formula is C19H17NO2S2. The van der Waals surface area contributed by atoms with Crippen molar-refractivity contribution in [1.29, 1.82) is 0 Å². The van der Waals surface area contributed by atoms with Crippen molar-refractivity contribution in [2.45, 2.75) is 21.6 Å². The average Bonchev–Trinajstić information content (AvgIpc) is 2.58. The smallest absolute Gasteiger partial charge is 0.261 e. The number of para-hydroxylation sites is 1. The number of hydrogen-bond acceptors (Lipinski definition) is 3. The maximum Gasteiger partial charge on any atom is 0.261 e.